The van der Waals surface area contributed by atoms with E-state index in [-0.39, 0.29) is 11.5 Å². The first-order valence-electron chi connectivity index (χ1n) is 7.13. The molecule has 0 aromatic carbocycles. The predicted molar refractivity (Wildman–Crippen MR) is 83.2 cm³/mol. The van der Waals surface area contributed by atoms with Crippen LogP contribution in [0, 0.1) is 11.3 Å². The topological polar surface area (TPSA) is 40.5 Å². The summed E-state index contributed by atoms with van der Waals surface area (Å²) in [6.07, 6.45) is 1.12. The number of allylic oxidation sites excluding steroid dienone is 1. The van der Waals surface area contributed by atoms with Crippen LogP contribution in [-0.2, 0) is 0 Å². The van der Waals surface area contributed by atoms with E-state index < -0.39 is 24.5 Å². The molecule has 0 spiro atoms. The molecule has 0 saturated carbocycles. The average molecular weight is 374 g/mol. The molecular formula is C15H29NO2Sn. The number of hydrogen-bond donors (Lipinski definition) is 1. The van der Waals surface area contributed by atoms with Crippen LogP contribution in [0.2, 0.25) is 14.8 Å². The first-order chi connectivity index (χ1) is 8.44. The van der Waals surface area contributed by atoms with Gasteiger partial charge in [0.1, 0.15) is 0 Å². The standard InChI is InChI=1S/C12H20NO2.3CH3.Sn/c1-5-9-6-7-13(11(14)15)10(8-9)12(2,3)4;;;;/h9-10H,1,6-8H2,2-4H3,(H,14,15);3*1H3;. The van der Waals surface area contributed by atoms with Gasteiger partial charge in [0, 0.05) is 0 Å². The number of carboxylic acid groups (broad SMARTS) is 1. The van der Waals surface area contributed by atoms with Crippen LogP contribution in [0.4, 0.5) is 4.79 Å². The average Bonchev–Trinajstić information content (AvgIpc) is 2.24. The Morgan fingerprint density at radius 2 is 1.84 bits per heavy atom. The summed E-state index contributed by atoms with van der Waals surface area (Å²) < 4.78 is 1.47. The fraction of sp³-hybridized carbons (Fsp3) is 0.800. The van der Waals surface area contributed by atoms with Crippen LogP contribution < -0.4 is 0 Å². The zero-order chi connectivity index (χ0) is 15.0. The van der Waals surface area contributed by atoms with Crippen LogP contribution in [0.15, 0.2) is 10.2 Å². The first kappa shape index (κ1) is 16.9. The number of piperidine rings is 1. The van der Waals surface area contributed by atoms with Gasteiger partial charge < -0.3 is 0 Å². The molecule has 2 unspecified atom stereocenters. The summed E-state index contributed by atoms with van der Waals surface area (Å²) in [6, 6.07) is 0.106. The third kappa shape index (κ3) is 4.13. The van der Waals surface area contributed by atoms with Crippen molar-refractivity contribution in [3.63, 3.8) is 0 Å². The van der Waals surface area contributed by atoms with Crippen molar-refractivity contribution in [3.8, 4) is 0 Å². The number of nitrogens with zero attached hydrogens (tertiary/aromatic N) is 1. The Kier molecular flexibility index (Phi) is 5.03. The Bertz CT molecular complexity index is 365. The molecule has 0 radical (unpaired) electrons. The monoisotopic (exact) mass is 375 g/mol. The zero-order valence-electron chi connectivity index (χ0n) is 13.3. The maximum atomic E-state index is 11.4. The van der Waals surface area contributed by atoms with Gasteiger partial charge in [-0.05, 0) is 0 Å². The summed E-state index contributed by atoms with van der Waals surface area (Å²) >= 11 is -2.08. The normalized spacial score (nSPS) is 25.3. The van der Waals surface area contributed by atoms with E-state index in [2.05, 4.69) is 42.2 Å². The van der Waals surface area contributed by atoms with E-state index in [0.717, 1.165) is 12.8 Å². The molecule has 1 heterocycles. The van der Waals surface area contributed by atoms with Gasteiger partial charge in [0.15, 0.2) is 0 Å². The fourth-order valence-corrected chi connectivity index (χ4v) is 7.19. The van der Waals surface area contributed by atoms with Gasteiger partial charge in [-0.2, -0.15) is 0 Å². The summed E-state index contributed by atoms with van der Waals surface area (Å²) in [4.78, 5) is 20.2. The Balaban J connectivity index is 2.92. The molecule has 3 nitrogen and oxygen atoms in total. The van der Waals surface area contributed by atoms with Gasteiger partial charge in [-0.25, -0.2) is 0 Å². The summed E-state index contributed by atoms with van der Waals surface area (Å²) in [6.45, 7) is 11.4. The Morgan fingerprint density at radius 1 is 1.32 bits per heavy atom. The van der Waals surface area contributed by atoms with Gasteiger partial charge in [0.2, 0.25) is 0 Å². The van der Waals surface area contributed by atoms with Gasteiger partial charge in [-0.3, -0.25) is 0 Å². The molecule has 1 N–H and O–H groups in total. The number of carbonyl (C=O) groups is 1. The summed E-state index contributed by atoms with van der Waals surface area (Å²) in [5, 5.41) is 9.37. The Hall–Kier alpha value is -0.191. The molecule has 19 heavy (non-hydrogen) atoms. The van der Waals surface area contributed by atoms with Gasteiger partial charge in [-0.1, -0.05) is 0 Å². The van der Waals surface area contributed by atoms with Crippen LogP contribution in [0.25, 0.3) is 0 Å². The third-order valence-corrected chi connectivity index (χ3v) is 11.0. The van der Waals surface area contributed by atoms with Crippen molar-refractivity contribution in [2.45, 2.75) is 54.5 Å². The van der Waals surface area contributed by atoms with E-state index in [0.29, 0.717) is 12.5 Å². The molecule has 1 amide bonds. The van der Waals surface area contributed by atoms with Gasteiger partial charge in [-0.15, -0.1) is 0 Å². The molecule has 4 heteroatoms. The fourth-order valence-electron chi connectivity index (χ4n) is 2.94. The molecule has 0 bridgehead atoms. The number of hydrogen-bond acceptors (Lipinski definition) is 1. The van der Waals surface area contributed by atoms with Gasteiger partial charge >= 0.3 is 122 Å². The molecular weight excluding hydrogens is 345 g/mol. The minimum atomic E-state index is -2.08. The van der Waals surface area contributed by atoms with Crippen molar-refractivity contribution in [2.75, 3.05) is 6.54 Å². The van der Waals surface area contributed by atoms with Gasteiger partial charge in [0.25, 0.3) is 0 Å². The second-order valence-corrected chi connectivity index (χ2v) is 22.5. The molecule has 1 aliphatic rings. The van der Waals surface area contributed by atoms with Crippen molar-refractivity contribution < 1.29 is 9.90 Å². The quantitative estimate of drug-likeness (QED) is 0.736. The molecule has 1 rings (SSSR count). The predicted octanol–water partition coefficient (Wildman–Crippen LogP) is 4.22. The number of likely N-dealkylation sites (tertiary alicyclic amines) is 1. The maximum absolute atomic E-state index is 11.4. The molecule has 0 aromatic heterocycles. The zero-order valence-corrected chi connectivity index (χ0v) is 16.1. The van der Waals surface area contributed by atoms with Crippen molar-refractivity contribution in [1.29, 1.82) is 0 Å². The van der Waals surface area contributed by atoms with Crippen molar-refractivity contribution >= 4 is 24.5 Å². The summed E-state index contributed by atoms with van der Waals surface area (Å²) in [5.41, 5.74) is -0.00918. The SMILES string of the molecule is C=[C](C1CCN(C(=O)O)C(C(C)(C)C)C1)[Sn]([CH3])([CH3])[CH3]. The van der Waals surface area contributed by atoms with E-state index in [1.165, 1.54) is 3.59 Å². The second kappa shape index (κ2) is 5.66. The molecule has 0 aromatic rings. The van der Waals surface area contributed by atoms with Crippen molar-refractivity contribution in [2.24, 2.45) is 11.3 Å². The number of amides is 1. The van der Waals surface area contributed by atoms with Crippen molar-refractivity contribution in [1.82, 2.24) is 4.90 Å². The summed E-state index contributed by atoms with van der Waals surface area (Å²) in [7, 11) is 0. The minimum absolute atomic E-state index is 0.00918. The molecule has 110 valence electrons. The molecule has 1 saturated heterocycles. The van der Waals surface area contributed by atoms with E-state index in [4.69, 9.17) is 0 Å². The molecule has 2 atom stereocenters. The van der Waals surface area contributed by atoms with Crippen LogP contribution in [-0.4, -0.2) is 47.1 Å². The van der Waals surface area contributed by atoms with Crippen molar-refractivity contribution in [3.05, 3.63) is 10.2 Å². The second-order valence-electron chi connectivity index (χ2n) is 7.85. The van der Waals surface area contributed by atoms with E-state index in [1.54, 1.807) is 4.90 Å². The number of rotatable bonds is 2. The van der Waals surface area contributed by atoms with Crippen LogP contribution in [0.1, 0.15) is 33.6 Å². The Morgan fingerprint density at radius 3 is 2.21 bits per heavy atom. The molecule has 1 fully saturated rings. The summed E-state index contributed by atoms with van der Waals surface area (Å²) in [5.74, 6) is 0.524. The Labute approximate surface area is 121 Å². The van der Waals surface area contributed by atoms with E-state index in [1.807, 2.05) is 0 Å². The van der Waals surface area contributed by atoms with Crippen LogP contribution >= 0.6 is 0 Å². The first-order valence-corrected chi connectivity index (χ1v) is 17.1. The third-order valence-electron chi connectivity index (χ3n) is 4.30. The van der Waals surface area contributed by atoms with E-state index in [9.17, 15) is 9.90 Å². The van der Waals surface area contributed by atoms with Crippen LogP contribution in [0.5, 0.6) is 0 Å². The van der Waals surface area contributed by atoms with Gasteiger partial charge in [0.05, 0.1) is 0 Å². The van der Waals surface area contributed by atoms with E-state index >= 15 is 0 Å². The molecule has 1 aliphatic heterocycles. The van der Waals surface area contributed by atoms with Crippen LogP contribution in [0.3, 0.4) is 0 Å². The molecule has 0 aliphatic carbocycles.